The van der Waals surface area contributed by atoms with Gasteiger partial charge in [0.05, 0.1) is 15.6 Å². The fourth-order valence-corrected chi connectivity index (χ4v) is 4.43. The second-order valence-corrected chi connectivity index (χ2v) is 10.1. The summed E-state index contributed by atoms with van der Waals surface area (Å²) >= 11 is 6.36. The van der Waals surface area contributed by atoms with Gasteiger partial charge < -0.3 is 5.32 Å². The van der Waals surface area contributed by atoms with Crippen LogP contribution in [0.2, 0.25) is 5.02 Å². The van der Waals surface area contributed by atoms with Gasteiger partial charge in [0.15, 0.2) is 9.84 Å². The number of halogens is 1. The summed E-state index contributed by atoms with van der Waals surface area (Å²) < 4.78 is 24.3. The number of sulfone groups is 1. The van der Waals surface area contributed by atoms with Crippen molar-refractivity contribution in [2.45, 2.75) is 11.8 Å². The molecule has 166 valence electrons. The van der Waals surface area contributed by atoms with Gasteiger partial charge in [-0.15, -0.1) is 0 Å². The zero-order chi connectivity index (χ0) is 23.6. The number of carbonyl (C=O) groups excluding carboxylic acids is 1. The fraction of sp³-hybridized carbons (Fsp3) is 0.0769. The maximum atomic E-state index is 13.3. The summed E-state index contributed by atoms with van der Waals surface area (Å²) in [7, 11) is -3.44. The molecule has 1 heterocycles. The summed E-state index contributed by atoms with van der Waals surface area (Å²) in [4.78, 5) is 17.8. The van der Waals surface area contributed by atoms with E-state index in [1.165, 1.54) is 6.07 Å². The average Bonchev–Trinajstić information content (AvgIpc) is 2.80. The highest BCUT2D eigenvalue weighted by atomic mass is 35.5. The number of aromatic nitrogens is 1. The topological polar surface area (TPSA) is 76.1 Å². The predicted octanol–water partition coefficient (Wildman–Crippen LogP) is 6.03. The molecular formula is C26H21ClN2O3S. The lowest BCUT2D eigenvalue weighted by atomic mass is 9.95. The highest BCUT2D eigenvalue weighted by molar-refractivity contribution is 7.90. The standard InChI is InChI=1S/C26H21ClN2O3S/c1-17-7-3-4-8-20(17)22-16-19(33(2,31)32)11-12-21(22)26(30)29-18-10-13-24(27)23(15-18)25-9-5-6-14-28-25/h3-16H,1-2H3,(H,29,30). The molecule has 1 amide bonds. The van der Waals surface area contributed by atoms with Crippen molar-refractivity contribution < 1.29 is 13.2 Å². The Labute approximate surface area is 198 Å². The van der Waals surface area contributed by atoms with Crippen molar-refractivity contribution in [2.24, 2.45) is 0 Å². The van der Waals surface area contributed by atoms with Crippen LogP contribution in [-0.4, -0.2) is 25.6 Å². The molecule has 0 spiro atoms. The van der Waals surface area contributed by atoms with E-state index in [1.54, 1.807) is 36.5 Å². The Balaban J connectivity index is 1.76. The molecule has 0 saturated carbocycles. The van der Waals surface area contributed by atoms with Gasteiger partial charge in [0, 0.05) is 29.3 Å². The first-order valence-electron chi connectivity index (χ1n) is 10.2. The molecule has 0 atom stereocenters. The van der Waals surface area contributed by atoms with E-state index in [2.05, 4.69) is 10.3 Å². The molecule has 3 aromatic carbocycles. The molecule has 0 aliphatic rings. The van der Waals surface area contributed by atoms with Crippen molar-refractivity contribution in [2.75, 3.05) is 11.6 Å². The molecule has 0 aliphatic heterocycles. The SMILES string of the molecule is Cc1ccccc1-c1cc(S(C)(=O)=O)ccc1C(=O)Nc1ccc(Cl)c(-c2ccccn2)c1. The summed E-state index contributed by atoms with van der Waals surface area (Å²) in [5, 5.41) is 3.43. The second-order valence-electron chi connectivity index (χ2n) is 7.66. The molecule has 0 saturated heterocycles. The molecule has 0 aliphatic carbocycles. The van der Waals surface area contributed by atoms with E-state index >= 15 is 0 Å². The molecule has 33 heavy (non-hydrogen) atoms. The Morgan fingerprint density at radius 1 is 0.879 bits per heavy atom. The zero-order valence-electron chi connectivity index (χ0n) is 18.0. The highest BCUT2D eigenvalue weighted by Gasteiger charge is 2.19. The number of nitrogens with one attached hydrogen (secondary N) is 1. The minimum absolute atomic E-state index is 0.154. The molecular weight excluding hydrogens is 456 g/mol. The van der Waals surface area contributed by atoms with Crippen LogP contribution < -0.4 is 5.32 Å². The van der Waals surface area contributed by atoms with E-state index in [4.69, 9.17) is 11.6 Å². The summed E-state index contributed by atoms with van der Waals surface area (Å²) in [6.07, 6.45) is 2.82. The lowest BCUT2D eigenvalue weighted by molar-refractivity contribution is 0.102. The summed E-state index contributed by atoms with van der Waals surface area (Å²) in [5.74, 6) is -0.359. The van der Waals surface area contributed by atoms with Crippen molar-refractivity contribution in [3.8, 4) is 22.4 Å². The smallest absolute Gasteiger partial charge is 0.256 e. The molecule has 4 aromatic rings. The maximum absolute atomic E-state index is 13.3. The van der Waals surface area contributed by atoms with Crippen LogP contribution in [0.5, 0.6) is 0 Å². The van der Waals surface area contributed by atoms with Gasteiger partial charge in [0.2, 0.25) is 0 Å². The monoisotopic (exact) mass is 476 g/mol. The van der Waals surface area contributed by atoms with Gasteiger partial charge in [-0.25, -0.2) is 8.42 Å². The minimum Gasteiger partial charge on any atom is -0.322 e. The molecule has 0 bridgehead atoms. The van der Waals surface area contributed by atoms with Crippen LogP contribution in [0.25, 0.3) is 22.4 Å². The first-order valence-corrected chi connectivity index (χ1v) is 12.4. The van der Waals surface area contributed by atoms with Gasteiger partial charge >= 0.3 is 0 Å². The molecule has 1 aromatic heterocycles. The number of hydrogen-bond donors (Lipinski definition) is 1. The third-order valence-corrected chi connectivity index (χ3v) is 6.70. The number of carbonyl (C=O) groups is 1. The third-order valence-electron chi connectivity index (χ3n) is 5.26. The van der Waals surface area contributed by atoms with Gasteiger partial charge in [0.25, 0.3) is 5.91 Å². The first-order chi connectivity index (χ1) is 15.7. The largest absolute Gasteiger partial charge is 0.322 e. The Kier molecular flexibility index (Phi) is 6.31. The van der Waals surface area contributed by atoms with Crippen molar-refractivity contribution >= 4 is 33.0 Å². The lowest BCUT2D eigenvalue weighted by Crippen LogP contribution is -2.14. The Morgan fingerprint density at radius 3 is 2.33 bits per heavy atom. The van der Waals surface area contributed by atoms with E-state index in [0.29, 0.717) is 33.1 Å². The Bertz CT molecular complexity index is 1450. The summed E-state index contributed by atoms with van der Waals surface area (Å²) in [6, 6.07) is 22.8. The van der Waals surface area contributed by atoms with Crippen LogP contribution in [0.4, 0.5) is 5.69 Å². The number of aryl methyl sites for hydroxylation is 1. The van der Waals surface area contributed by atoms with Gasteiger partial charge in [-0.2, -0.15) is 0 Å². The van der Waals surface area contributed by atoms with Crippen molar-refractivity contribution in [3.05, 3.63) is 101 Å². The summed E-state index contributed by atoms with van der Waals surface area (Å²) in [5.41, 5.74) is 4.57. The van der Waals surface area contributed by atoms with E-state index in [0.717, 1.165) is 17.4 Å². The molecule has 5 nitrogen and oxygen atoms in total. The molecule has 7 heteroatoms. The highest BCUT2D eigenvalue weighted by Crippen LogP contribution is 2.32. The zero-order valence-corrected chi connectivity index (χ0v) is 19.6. The van der Waals surface area contributed by atoms with Crippen LogP contribution in [-0.2, 0) is 9.84 Å². The fourth-order valence-electron chi connectivity index (χ4n) is 3.57. The third kappa shape index (κ3) is 4.97. The summed E-state index contributed by atoms with van der Waals surface area (Å²) in [6.45, 7) is 1.92. The van der Waals surface area contributed by atoms with Gasteiger partial charge in [0.1, 0.15) is 0 Å². The number of nitrogens with zero attached hydrogens (tertiary/aromatic N) is 1. The van der Waals surface area contributed by atoms with E-state index in [9.17, 15) is 13.2 Å². The van der Waals surface area contributed by atoms with Crippen molar-refractivity contribution in [1.29, 1.82) is 0 Å². The number of anilines is 1. The van der Waals surface area contributed by atoms with Gasteiger partial charge in [-0.1, -0.05) is 41.9 Å². The molecule has 4 rings (SSSR count). The van der Waals surface area contributed by atoms with Crippen LogP contribution >= 0.6 is 11.6 Å². The van der Waals surface area contributed by atoms with E-state index in [-0.39, 0.29) is 10.8 Å². The average molecular weight is 477 g/mol. The molecule has 0 radical (unpaired) electrons. The molecule has 0 fully saturated rings. The van der Waals surface area contributed by atoms with Crippen LogP contribution in [0, 0.1) is 6.92 Å². The normalized spacial score (nSPS) is 11.2. The van der Waals surface area contributed by atoms with E-state index in [1.807, 2.05) is 49.4 Å². The van der Waals surface area contributed by atoms with Crippen LogP contribution in [0.15, 0.2) is 90.0 Å². The minimum atomic E-state index is -3.44. The van der Waals surface area contributed by atoms with Crippen molar-refractivity contribution in [3.63, 3.8) is 0 Å². The molecule has 1 N–H and O–H groups in total. The predicted molar refractivity (Wildman–Crippen MR) is 132 cm³/mol. The number of pyridine rings is 1. The van der Waals surface area contributed by atoms with Crippen LogP contribution in [0.1, 0.15) is 15.9 Å². The number of hydrogen-bond acceptors (Lipinski definition) is 4. The number of benzene rings is 3. The Morgan fingerprint density at radius 2 is 1.64 bits per heavy atom. The first kappa shape index (κ1) is 22.7. The number of rotatable bonds is 5. The van der Waals surface area contributed by atoms with E-state index < -0.39 is 9.84 Å². The lowest BCUT2D eigenvalue weighted by Gasteiger charge is -2.15. The maximum Gasteiger partial charge on any atom is 0.256 e. The Hall–Kier alpha value is -3.48. The molecule has 0 unspecified atom stereocenters. The van der Waals surface area contributed by atoms with Gasteiger partial charge in [-0.05, 0) is 72.1 Å². The van der Waals surface area contributed by atoms with Crippen molar-refractivity contribution in [1.82, 2.24) is 4.98 Å². The quantitative estimate of drug-likeness (QED) is 0.381. The second kappa shape index (κ2) is 9.17. The number of amides is 1. The van der Waals surface area contributed by atoms with Crippen LogP contribution in [0.3, 0.4) is 0 Å². The van der Waals surface area contributed by atoms with Gasteiger partial charge in [-0.3, -0.25) is 9.78 Å².